The van der Waals surface area contributed by atoms with E-state index >= 15 is 0 Å². The van der Waals surface area contributed by atoms with E-state index in [-0.39, 0.29) is 11.6 Å². The minimum atomic E-state index is -0.0527. The van der Waals surface area contributed by atoms with Crippen molar-refractivity contribution in [2.45, 2.75) is 65.0 Å². The van der Waals surface area contributed by atoms with Crippen molar-refractivity contribution in [3.05, 3.63) is 29.3 Å². The third-order valence-corrected chi connectivity index (χ3v) is 4.91. The summed E-state index contributed by atoms with van der Waals surface area (Å²) >= 11 is 0. The number of aryl methyl sites for hydroxylation is 1. The van der Waals surface area contributed by atoms with Gasteiger partial charge in [-0.15, -0.1) is 0 Å². The first-order valence-electron chi connectivity index (χ1n) is 7.84. The largest absolute Gasteiger partial charge is 0.487 e. The Hall–Kier alpha value is -1.02. The molecule has 3 atom stereocenters. The van der Waals surface area contributed by atoms with Gasteiger partial charge in [-0.25, -0.2) is 0 Å². The summed E-state index contributed by atoms with van der Waals surface area (Å²) in [6.07, 6.45) is 4.49. The van der Waals surface area contributed by atoms with Gasteiger partial charge in [-0.3, -0.25) is 0 Å². The molecule has 2 unspecified atom stereocenters. The molecule has 1 aliphatic carbocycles. The van der Waals surface area contributed by atoms with Crippen LogP contribution in [0.3, 0.4) is 0 Å². The van der Waals surface area contributed by atoms with Gasteiger partial charge >= 0.3 is 0 Å². The van der Waals surface area contributed by atoms with Gasteiger partial charge in [0.15, 0.2) is 0 Å². The molecule has 0 radical (unpaired) electrons. The lowest BCUT2D eigenvalue weighted by Crippen LogP contribution is -2.50. The van der Waals surface area contributed by atoms with Crippen molar-refractivity contribution < 1.29 is 4.74 Å². The normalized spacial score (nSPS) is 35.5. The second kappa shape index (κ2) is 4.49. The molecule has 2 heteroatoms. The highest BCUT2D eigenvalue weighted by molar-refractivity contribution is 5.41. The molecule has 1 aromatic rings. The van der Waals surface area contributed by atoms with Crippen molar-refractivity contribution in [1.82, 2.24) is 0 Å². The summed E-state index contributed by atoms with van der Waals surface area (Å²) in [4.78, 5) is 0. The maximum Gasteiger partial charge on any atom is 0.124 e. The van der Waals surface area contributed by atoms with Crippen LogP contribution >= 0.6 is 0 Å². The molecule has 1 fully saturated rings. The van der Waals surface area contributed by atoms with Crippen LogP contribution in [0.1, 0.15) is 63.6 Å². The zero-order valence-corrected chi connectivity index (χ0v) is 13.2. The summed E-state index contributed by atoms with van der Waals surface area (Å²) < 4.78 is 6.51. The Morgan fingerprint density at radius 1 is 1.20 bits per heavy atom. The summed E-state index contributed by atoms with van der Waals surface area (Å²) in [6, 6.07) is 6.53. The van der Waals surface area contributed by atoms with E-state index in [0.717, 1.165) is 25.0 Å². The first-order chi connectivity index (χ1) is 9.29. The third-order valence-electron chi connectivity index (χ3n) is 4.91. The van der Waals surface area contributed by atoms with Crippen LogP contribution in [-0.4, -0.2) is 5.60 Å². The molecule has 110 valence electrons. The summed E-state index contributed by atoms with van der Waals surface area (Å²) in [5.74, 6) is 1.72. The Kier molecular flexibility index (Phi) is 3.13. The molecule has 2 N–H and O–H groups in total. The van der Waals surface area contributed by atoms with Crippen molar-refractivity contribution >= 4 is 0 Å². The lowest BCUT2D eigenvalue weighted by Gasteiger charge is -2.50. The maximum atomic E-state index is 6.51. The van der Waals surface area contributed by atoms with Crippen LogP contribution in [0.4, 0.5) is 0 Å². The number of hydrogen-bond donors (Lipinski definition) is 1. The number of hydrogen-bond acceptors (Lipinski definition) is 2. The molecule has 0 saturated heterocycles. The number of rotatable bonds is 0. The fraction of sp³-hybridized carbons (Fsp3) is 0.667. The fourth-order valence-corrected chi connectivity index (χ4v) is 4.74. The zero-order valence-electron chi connectivity index (χ0n) is 13.2. The van der Waals surface area contributed by atoms with Gasteiger partial charge in [0.1, 0.15) is 11.4 Å². The molecule has 0 amide bonds. The molecule has 1 aliphatic heterocycles. The van der Waals surface area contributed by atoms with Crippen molar-refractivity contribution in [2.24, 2.45) is 17.1 Å². The van der Waals surface area contributed by atoms with Crippen molar-refractivity contribution in [3.63, 3.8) is 0 Å². The molecule has 1 aromatic carbocycles. The van der Waals surface area contributed by atoms with Crippen LogP contribution in [0.5, 0.6) is 5.75 Å². The average molecular weight is 273 g/mol. The molecule has 1 heterocycles. The predicted octanol–water partition coefficient (Wildman–Crippen LogP) is 4.36. The van der Waals surface area contributed by atoms with Crippen LogP contribution < -0.4 is 10.5 Å². The highest BCUT2D eigenvalue weighted by Crippen LogP contribution is 2.52. The summed E-state index contributed by atoms with van der Waals surface area (Å²) in [6.45, 7) is 9.19. The first kappa shape index (κ1) is 13.9. The monoisotopic (exact) mass is 273 g/mol. The van der Waals surface area contributed by atoms with Crippen molar-refractivity contribution in [1.29, 1.82) is 0 Å². The van der Waals surface area contributed by atoms with Gasteiger partial charge in [0.05, 0.1) is 0 Å². The van der Waals surface area contributed by atoms with Gasteiger partial charge in [-0.05, 0) is 43.6 Å². The Bertz CT molecular complexity index is 522. The molecular weight excluding hydrogens is 246 g/mol. The smallest absolute Gasteiger partial charge is 0.124 e. The second-order valence-electron chi connectivity index (χ2n) is 7.99. The van der Waals surface area contributed by atoms with E-state index in [1.165, 1.54) is 17.5 Å². The second-order valence-corrected chi connectivity index (χ2v) is 7.99. The lowest BCUT2D eigenvalue weighted by molar-refractivity contribution is -0.0571. The standard InChI is InChI=1S/C18H27NO/c1-12-5-6-16-14(7-12)15(19)10-18(20-16)9-13(2)8-17(3,4)11-18/h5-7,13,15H,8-11,19H2,1-4H3/t13?,15-,18?/m1/s1. The fourth-order valence-electron chi connectivity index (χ4n) is 4.74. The minimum Gasteiger partial charge on any atom is -0.487 e. The number of nitrogens with two attached hydrogens (primary N) is 1. The molecule has 20 heavy (non-hydrogen) atoms. The van der Waals surface area contributed by atoms with Gasteiger partial charge in [-0.1, -0.05) is 38.5 Å². The van der Waals surface area contributed by atoms with Crippen molar-refractivity contribution in [3.8, 4) is 5.75 Å². The molecule has 2 aliphatic rings. The number of fused-ring (bicyclic) bond motifs is 1. The lowest BCUT2D eigenvalue weighted by atomic mass is 9.63. The average Bonchev–Trinajstić information content (AvgIpc) is 2.27. The summed E-state index contributed by atoms with van der Waals surface area (Å²) in [5, 5.41) is 0. The summed E-state index contributed by atoms with van der Waals surface area (Å²) in [5.41, 5.74) is 9.22. The molecule has 0 bridgehead atoms. The third kappa shape index (κ3) is 2.46. The SMILES string of the molecule is Cc1ccc2c(c1)[C@H](N)CC1(CC(C)CC(C)(C)C1)O2. The van der Waals surface area contributed by atoms with Crippen LogP contribution in [0.2, 0.25) is 0 Å². The highest BCUT2D eigenvalue weighted by atomic mass is 16.5. The molecule has 1 saturated carbocycles. The first-order valence-corrected chi connectivity index (χ1v) is 7.84. The summed E-state index contributed by atoms with van der Waals surface area (Å²) in [7, 11) is 0. The van der Waals surface area contributed by atoms with Crippen LogP contribution in [0.25, 0.3) is 0 Å². The Labute approximate surface area is 122 Å². The highest BCUT2D eigenvalue weighted by Gasteiger charge is 2.48. The Morgan fingerprint density at radius 3 is 2.65 bits per heavy atom. The van der Waals surface area contributed by atoms with Gasteiger partial charge in [0, 0.05) is 18.0 Å². The zero-order chi connectivity index (χ0) is 14.5. The molecule has 1 spiro atoms. The molecule has 2 nitrogen and oxygen atoms in total. The van der Waals surface area contributed by atoms with E-state index in [2.05, 4.69) is 45.9 Å². The van der Waals surface area contributed by atoms with Gasteiger partial charge in [-0.2, -0.15) is 0 Å². The molecular formula is C18H27NO. The van der Waals surface area contributed by atoms with Gasteiger partial charge in [0.2, 0.25) is 0 Å². The van der Waals surface area contributed by atoms with E-state index in [1.807, 2.05) is 0 Å². The van der Waals surface area contributed by atoms with Crippen molar-refractivity contribution in [2.75, 3.05) is 0 Å². The Morgan fingerprint density at radius 2 is 1.95 bits per heavy atom. The van der Waals surface area contributed by atoms with Crippen LogP contribution in [-0.2, 0) is 0 Å². The molecule has 0 aromatic heterocycles. The van der Waals surface area contributed by atoms with Crippen LogP contribution in [0.15, 0.2) is 18.2 Å². The number of ether oxygens (including phenoxy) is 1. The Balaban J connectivity index is 1.96. The van der Waals surface area contributed by atoms with E-state index in [1.54, 1.807) is 0 Å². The molecule has 3 rings (SSSR count). The van der Waals surface area contributed by atoms with E-state index in [9.17, 15) is 0 Å². The van der Waals surface area contributed by atoms with Crippen LogP contribution in [0, 0.1) is 18.3 Å². The van der Waals surface area contributed by atoms with E-state index in [0.29, 0.717) is 11.3 Å². The quantitative estimate of drug-likeness (QED) is 0.762. The number of benzene rings is 1. The van der Waals surface area contributed by atoms with Gasteiger partial charge < -0.3 is 10.5 Å². The van der Waals surface area contributed by atoms with E-state index < -0.39 is 0 Å². The minimum absolute atomic E-state index is 0.0527. The maximum absolute atomic E-state index is 6.51. The van der Waals surface area contributed by atoms with E-state index in [4.69, 9.17) is 10.5 Å². The topological polar surface area (TPSA) is 35.2 Å². The van der Waals surface area contributed by atoms with Gasteiger partial charge in [0.25, 0.3) is 0 Å². The predicted molar refractivity (Wildman–Crippen MR) is 82.9 cm³/mol.